The third-order valence-corrected chi connectivity index (χ3v) is 4.71. The molecule has 0 radical (unpaired) electrons. The summed E-state index contributed by atoms with van der Waals surface area (Å²) in [5.41, 5.74) is 3.46. The molecule has 0 bridgehead atoms. The highest BCUT2D eigenvalue weighted by atomic mass is 35.5. The third kappa shape index (κ3) is 3.52. The first-order valence-corrected chi connectivity index (χ1v) is 8.94. The molecule has 1 heterocycles. The first kappa shape index (κ1) is 17.2. The molecule has 132 valence electrons. The van der Waals surface area contributed by atoms with E-state index in [2.05, 4.69) is 15.5 Å². The SMILES string of the molecule is O=C(NCc1ccccc1Cl)c1c(-c2ccccc2)nnc2ccccc12. The van der Waals surface area contributed by atoms with Crippen molar-refractivity contribution in [2.24, 2.45) is 0 Å². The lowest BCUT2D eigenvalue weighted by molar-refractivity contribution is 0.0953. The van der Waals surface area contributed by atoms with Gasteiger partial charge in [-0.15, -0.1) is 10.2 Å². The second kappa shape index (κ2) is 7.56. The summed E-state index contributed by atoms with van der Waals surface area (Å²) in [6.45, 7) is 0.337. The third-order valence-electron chi connectivity index (χ3n) is 4.34. The van der Waals surface area contributed by atoms with Gasteiger partial charge in [0.05, 0.1) is 11.1 Å². The minimum atomic E-state index is -0.208. The van der Waals surface area contributed by atoms with Crippen LogP contribution in [0.15, 0.2) is 78.9 Å². The topological polar surface area (TPSA) is 54.9 Å². The minimum absolute atomic E-state index is 0.208. The molecule has 0 spiro atoms. The van der Waals surface area contributed by atoms with E-state index in [1.807, 2.05) is 78.9 Å². The molecule has 3 aromatic carbocycles. The number of halogens is 1. The van der Waals surface area contributed by atoms with E-state index in [9.17, 15) is 4.79 Å². The molecule has 4 nitrogen and oxygen atoms in total. The van der Waals surface area contributed by atoms with E-state index in [-0.39, 0.29) is 5.91 Å². The van der Waals surface area contributed by atoms with Crippen LogP contribution in [0, 0.1) is 0 Å². The fraction of sp³-hybridized carbons (Fsp3) is 0.0455. The van der Waals surface area contributed by atoms with E-state index >= 15 is 0 Å². The molecule has 27 heavy (non-hydrogen) atoms. The lowest BCUT2D eigenvalue weighted by atomic mass is 10.0. The van der Waals surface area contributed by atoms with Crippen molar-refractivity contribution in [3.8, 4) is 11.3 Å². The Bertz CT molecular complexity index is 1110. The predicted octanol–water partition coefficient (Wildman–Crippen LogP) is 4.88. The van der Waals surface area contributed by atoms with Gasteiger partial charge < -0.3 is 5.32 Å². The van der Waals surface area contributed by atoms with Crippen LogP contribution in [0.5, 0.6) is 0 Å². The molecule has 0 fully saturated rings. The molecule has 0 aliphatic heterocycles. The molecule has 1 amide bonds. The van der Waals surface area contributed by atoms with Crippen LogP contribution in [0.1, 0.15) is 15.9 Å². The number of rotatable bonds is 4. The average molecular weight is 374 g/mol. The molecule has 0 atom stereocenters. The maximum absolute atomic E-state index is 13.1. The number of carbonyl (C=O) groups is 1. The monoisotopic (exact) mass is 373 g/mol. The lowest BCUT2D eigenvalue weighted by Gasteiger charge is -2.12. The van der Waals surface area contributed by atoms with Crippen LogP contribution in [0.3, 0.4) is 0 Å². The number of aromatic nitrogens is 2. The maximum atomic E-state index is 13.1. The van der Waals surface area contributed by atoms with Crippen molar-refractivity contribution in [3.63, 3.8) is 0 Å². The summed E-state index contributed by atoms with van der Waals surface area (Å²) in [5, 5.41) is 13.0. The largest absolute Gasteiger partial charge is 0.348 e. The van der Waals surface area contributed by atoms with Gasteiger partial charge in [-0.2, -0.15) is 0 Å². The van der Waals surface area contributed by atoms with Crippen LogP contribution < -0.4 is 5.32 Å². The van der Waals surface area contributed by atoms with Crippen LogP contribution in [-0.4, -0.2) is 16.1 Å². The Morgan fingerprint density at radius 3 is 2.37 bits per heavy atom. The molecule has 5 heteroatoms. The van der Waals surface area contributed by atoms with Crippen LogP contribution >= 0.6 is 11.6 Å². The number of carbonyl (C=O) groups excluding carboxylic acids is 1. The first-order chi connectivity index (χ1) is 13.2. The Kier molecular flexibility index (Phi) is 4.81. The van der Waals surface area contributed by atoms with Gasteiger partial charge in [0.2, 0.25) is 0 Å². The van der Waals surface area contributed by atoms with Crippen molar-refractivity contribution in [2.45, 2.75) is 6.54 Å². The zero-order valence-corrected chi connectivity index (χ0v) is 15.1. The van der Waals surface area contributed by atoms with E-state index in [1.54, 1.807) is 0 Å². The zero-order valence-electron chi connectivity index (χ0n) is 14.4. The number of hydrogen-bond donors (Lipinski definition) is 1. The highest BCUT2D eigenvalue weighted by molar-refractivity contribution is 6.31. The summed E-state index contributed by atoms with van der Waals surface area (Å²) in [6.07, 6.45) is 0. The van der Waals surface area contributed by atoms with Gasteiger partial charge in [0.25, 0.3) is 5.91 Å². The summed E-state index contributed by atoms with van der Waals surface area (Å²) in [4.78, 5) is 13.1. The molecule has 1 N–H and O–H groups in total. The summed E-state index contributed by atoms with van der Waals surface area (Å²) < 4.78 is 0. The highest BCUT2D eigenvalue weighted by Crippen LogP contribution is 2.27. The Morgan fingerprint density at radius 1 is 0.852 bits per heavy atom. The van der Waals surface area contributed by atoms with E-state index in [4.69, 9.17) is 11.6 Å². The number of amides is 1. The van der Waals surface area contributed by atoms with Gasteiger partial charge in [0, 0.05) is 22.5 Å². The molecule has 4 aromatic rings. The van der Waals surface area contributed by atoms with E-state index in [0.717, 1.165) is 16.5 Å². The Balaban J connectivity index is 1.76. The lowest BCUT2D eigenvalue weighted by Crippen LogP contribution is -2.24. The van der Waals surface area contributed by atoms with Crippen molar-refractivity contribution in [3.05, 3.63) is 95.0 Å². The summed E-state index contributed by atoms with van der Waals surface area (Å²) >= 11 is 6.20. The smallest absolute Gasteiger partial charge is 0.254 e. The standard InChI is InChI=1S/C22H16ClN3O/c23-18-12-6-4-10-16(18)14-24-22(27)20-17-11-5-7-13-19(17)25-26-21(20)15-8-2-1-3-9-15/h1-13H,14H2,(H,24,27). The van der Waals surface area contributed by atoms with Gasteiger partial charge in [-0.3, -0.25) is 4.79 Å². The molecule has 1 aromatic heterocycles. The Morgan fingerprint density at radius 2 is 1.56 bits per heavy atom. The van der Waals surface area contributed by atoms with Crippen molar-refractivity contribution in [1.29, 1.82) is 0 Å². The van der Waals surface area contributed by atoms with E-state index in [1.165, 1.54) is 0 Å². The number of nitrogens with one attached hydrogen (secondary N) is 1. The number of benzene rings is 3. The zero-order chi connectivity index (χ0) is 18.6. The fourth-order valence-corrected chi connectivity index (χ4v) is 3.19. The van der Waals surface area contributed by atoms with Gasteiger partial charge >= 0.3 is 0 Å². The van der Waals surface area contributed by atoms with Gasteiger partial charge in [-0.25, -0.2) is 0 Å². The highest BCUT2D eigenvalue weighted by Gasteiger charge is 2.19. The second-order valence-electron chi connectivity index (χ2n) is 6.08. The average Bonchev–Trinajstić information content (AvgIpc) is 2.72. The van der Waals surface area contributed by atoms with Crippen LogP contribution in [-0.2, 0) is 6.54 Å². The van der Waals surface area contributed by atoms with Crippen molar-refractivity contribution in [1.82, 2.24) is 15.5 Å². The quantitative estimate of drug-likeness (QED) is 0.554. The molecule has 4 rings (SSSR count). The fourth-order valence-electron chi connectivity index (χ4n) is 2.99. The molecule has 0 aliphatic rings. The number of hydrogen-bond acceptors (Lipinski definition) is 3. The van der Waals surface area contributed by atoms with Crippen LogP contribution in [0.2, 0.25) is 5.02 Å². The second-order valence-corrected chi connectivity index (χ2v) is 6.49. The van der Waals surface area contributed by atoms with E-state index < -0.39 is 0 Å². The van der Waals surface area contributed by atoms with E-state index in [0.29, 0.717) is 28.3 Å². The first-order valence-electron chi connectivity index (χ1n) is 8.56. The molecular weight excluding hydrogens is 358 g/mol. The van der Waals surface area contributed by atoms with Gasteiger partial charge in [-0.1, -0.05) is 78.3 Å². The number of fused-ring (bicyclic) bond motifs is 1. The van der Waals surface area contributed by atoms with Gasteiger partial charge in [0.15, 0.2) is 0 Å². The maximum Gasteiger partial charge on any atom is 0.254 e. The van der Waals surface area contributed by atoms with Crippen molar-refractivity contribution < 1.29 is 4.79 Å². The van der Waals surface area contributed by atoms with Crippen molar-refractivity contribution in [2.75, 3.05) is 0 Å². The van der Waals surface area contributed by atoms with Crippen molar-refractivity contribution >= 4 is 28.4 Å². The minimum Gasteiger partial charge on any atom is -0.348 e. The normalized spacial score (nSPS) is 10.7. The van der Waals surface area contributed by atoms with Gasteiger partial charge in [-0.05, 0) is 17.7 Å². The Labute approximate surface area is 161 Å². The molecule has 0 saturated carbocycles. The predicted molar refractivity (Wildman–Crippen MR) is 108 cm³/mol. The van der Waals surface area contributed by atoms with Crippen LogP contribution in [0.4, 0.5) is 0 Å². The Hall–Kier alpha value is -3.24. The summed E-state index contributed by atoms with van der Waals surface area (Å²) in [5.74, 6) is -0.208. The number of nitrogens with zero attached hydrogens (tertiary/aromatic N) is 2. The molecule has 0 unspecified atom stereocenters. The van der Waals surface area contributed by atoms with Gasteiger partial charge in [0.1, 0.15) is 5.69 Å². The summed E-state index contributed by atoms with van der Waals surface area (Å²) in [7, 11) is 0. The molecular formula is C22H16ClN3O. The molecule has 0 aliphatic carbocycles. The molecule has 0 saturated heterocycles. The van der Waals surface area contributed by atoms with Crippen LogP contribution in [0.25, 0.3) is 22.2 Å². The summed E-state index contributed by atoms with van der Waals surface area (Å²) in [6, 6.07) is 24.6.